The van der Waals surface area contributed by atoms with E-state index in [-0.39, 0.29) is 30.9 Å². The van der Waals surface area contributed by atoms with Crippen LogP contribution in [0.15, 0.2) is 0 Å². The molecule has 2 atom stereocenters. The van der Waals surface area contributed by atoms with E-state index in [0.717, 1.165) is 19.3 Å². The van der Waals surface area contributed by atoms with E-state index in [1.807, 2.05) is 0 Å². The molecule has 0 aromatic carbocycles. The van der Waals surface area contributed by atoms with Gasteiger partial charge in [0.15, 0.2) is 6.61 Å². The third-order valence-electron chi connectivity index (χ3n) is 4.91. The van der Waals surface area contributed by atoms with E-state index < -0.39 is 11.9 Å². The van der Waals surface area contributed by atoms with Gasteiger partial charge in [-0.2, -0.15) is 0 Å². The van der Waals surface area contributed by atoms with Gasteiger partial charge >= 0.3 is 11.9 Å². The summed E-state index contributed by atoms with van der Waals surface area (Å²) in [5, 5.41) is 2.94. The van der Waals surface area contributed by atoms with Crippen molar-refractivity contribution in [3.63, 3.8) is 0 Å². The Bertz CT molecular complexity index is 680. The first-order valence-electron chi connectivity index (χ1n) is 9.17. The Morgan fingerprint density at radius 3 is 2.46 bits per heavy atom. The van der Waals surface area contributed by atoms with Crippen LogP contribution in [0.3, 0.4) is 0 Å². The Balaban J connectivity index is 1.94. The van der Waals surface area contributed by atoms with Crippen molar-refractivity contribution in [2.45, 2.75) is 59.4 Å². The normalized spacial score (nSPS) is 19.7. The van der Waals surface area contributed by atoms with E-state index in [9.17, 15) is 14.4 Å². The molecule has 1 aromatic heterocycles. The van der Waals surface area contributed by atoms with Crippen LogP contribution in [0, 0.1) is 19.8 Å². The zero-order chi connectivity index (χ0) is 19.3. The standard InChI is InChI=1S/C19H28N2O5/c1-5-25-18(23)16-12(3)17(20-13(16)4)19(24)26-10-15(22)21-14-9-7-6-8-11(14)2/h11,14,20H,5-10H2,1-4H3,(H,21,22)/t11-,14-/m1/s1. The fraction of sp³-hybridized carbons (Fsp3) is 0.632. The van der Waals surface area contributed by atoms with Crippen LogP contribution in [-0.4, -0.2) is 42.1 Å². The monoisotopic (exact) mass is 364 g/mol. The molecule has 26 heavy (non-hydrogen) atoms. The summed E-state index contributed by atoms with van der Waals surface area (Å²) in [6, 6.07) is 0.139. The van der Waals surface area contributed by atoms with Gasteiger partial charge in [-0.3, -0.25) is 4.79 Å². The minimum Gasteiger partial charge on any atom is -0.462 e. The third-order valence-corrected chi connectivity index (χ3v) is 4.91. The first kappa shape index (κ1) is 20.0. The number of hydrogen-bond donors (Lipinski definition) is 2. The quantitative estimate of drug-likeness (QED) is 0.756. The molecule has 1 aliphatic rings. The average Bonchev–Trinajstić information content (AvgIpc) is 2.89. The molecule has 1 aliphatic carbocycles. The van der Waals surface area contributed by atoms with Crippen LogP contribution in [-0.2, 0) is 14.3 Å². The number of carbonyl (C=O) groups is 3. The van der Waals surface area contributed by atoms with Crippen molar-refractivity contribution in [2.24, 2.45) is 5.92 Å². The van der Waals surface area contributed by atoms with Crippen molar-refractivity contribution >= 4 is 17.8 Å². The second-order valence-electron chi connectivity index (χ2n) is 6.86. The smallest absolute Gasteiger partial charge is 0.355 e. The molecule has 1 fully saturated rings. The van der Waals surface area contributed by atoms with Crippen LogP contribution in [0.5, 0.6) is 0 Å². The Kier molecular flexibility index (Phi) is 6.83. The Morgan fingerprint density at radius 2 is 1.81 bits per heavy atom. The lowest BCUT2D eigenvalue weighted by Crippen LogP contribution is -2.42. The molecule has 1 heterocycles. The molecule has 0 bridgehead atoms. The number of hydrogen-bond acceptors (Lipinski definition) is 5. The highest BCUT2D eigenvalue weighted by atomic mass is 16.5. The van der Waals surface area contributed by atoms with Crippen molar-refractivity contribution < 1.29 is 23.9 Å². The lowest BCUT2D eigenvalue weighted by Gasteiger charge is -2.29. The second-order valence-corrected chi connectivity index (χ2v) is 6.86. The van der Waals surface area contributed by atoms with Crippen LogP contribution in [0.4, 0.5) is 0 Å². The summed E-state index contributed by atoms with van der Waals surface area (Å²) in [6.07, 6.45) is 4.35. The lowest BCUT2D eigenvalue weighted by atomic mass is 9.86. The molecule has 0 saturated heterocycles. The average molecular weight is 364 g/mol. The number of nitrogens with one attached hydrogen (secondary N) is 2. The van der Waals surface area contributed by atoms with Crippen molar-refractivity contribution in [3.05, 3.63) is 22.5 Å². The highest BCUT2D eigenvalue weighted by Crippen LogP contribution is 2.23. The zero-order valence-electron chi connectivity index (χ0n) is 15.9. The number of aryl methyl sites for hydroxylation is 1. The summed E-state index contributed by atoms with van der Waals surface area (Å²) < 4.78 is 10.1. The van der Waals surface area contributed by atoms with Crippen molar-refractivity contribution in [2.75, 3.05) is 13.2 Å². The Hall–Kier alpha value is -2.31. The SMILES string of the molecule is CCOC(=O)c1c(C)[nH]c(C(=O)OCC(=O)N[C@@H]2CCCC[C@H]2C)c1C. The minimum absolute atomic E-state index is 0.139. The highest BCUT2D eigenvalue weighted by molar-refractivity contribution is 5.99. The van der Waals surface area contributed by atoms with E-state index in [1.54, 1.807) is 20.8 Å². The number of rotatable bonds is 6. The molecular formula is C19H28N2O5. The molecule has 2 rings (SSSR count). The molecule has 0 unspecified atom stereocenters. The molecule has 7 nitrogen and oxygen atoms in total. The van der Waals surface area contributed by atoms with Gasteiger partial charge in [-0.1, -0.05) is 19.8 Å². The summed E-state index contributed by atoms with van der Waals surface area (Å²) >= 11 is 0. The van der Waals surface area contributed by atoms with Crippen LogP contribution < -0.4 is 5.32 Å². The number of esters is 2. The summed E-state index contributed by atoms with van der Waals surface area (Å²) in [6.45, 7) is 7.09. The van der Waals surface area contributed by atoms with Gasteiger partial charge in [0.25, 0.3) is 5.91 Å². The molecule has 1 saturated carbocycles. The van der Waals surface area contributed by atoms with Gasteiger partial charge in [0.1, 0.15) is 5.69 Å². The molecule has 0 aliphatic heterocycles. The van der Waals surface area contributed by atoms with Gasteiger partial charge in [0.2, 0.25) is 0 Å². The first-order valence-corrected chi connectivity index (χ1v) is 9.17. The summed E-state index contributed by atoms with van der Waals surface area (Å²) in [7, 11) is 0. The zero-order valence-corrected chi connectivity index (χ0v) is 15.9. The number of ether oxygens (including phenoxy) is 2. The molecular weight excluding hydrogens is 336 g/mol. The number of aromatic amines is 1. The largest absolute Gasteiger partial charge is 0.462 e. The van der Waals surface area contributed by atoms with Crippen molar-refractivity contribution in [1.29, 1.82) is 0 Å². The maximum Gasteiger partial charge on any atom is 0.355 e. The molecule has 1 amide bonds. The lowest BCUT2D eigenvalue weighted by molar-refractivity contribution is -0.125. The van der Waals surface area contributed by atoms with E-state index in [0.29, 0.717) is 22.7 Å². The molecule has 1 aromatic rings. The van der Waals surface area contributed by atoms with Gasteiger partial charge < -0.3 is 19.8 Å². The van der Waals surface area contributed by atoms with Gasteiger partial charge in [-0.15, -0.1) is 0 Å². The summed E-state index contributed by atoms with van der Waals surface area (Å²) in [5.41, 5.74) is 1.50. The number of amides is 1. The molecule has 144 valence electrons. The van der Waals surface area contributed by atoms with E-state index in [2.05, 4.69) is 17.2 Å². The maximum absolute atomic E-state index is 12.3. The Labute approximate surface area is 153 Å². The van der Waals surface area contributed by atoms with Crippen LogP contribution in [0.1, 0.15) is 71.6 Å². The minimum atomic E-state index is -0.659. The molecule has 7 heteroatoms. The summed E-state index contributed by atoms with van der Waals surface area (Å²) in [5.74, 6) is -1.01. The van der Waals surface area contributed by atoms with Crippen LogP contribution in [0.2, 0.25) is 0 Å². The molecule has 0 spiro atoms. The first-order chi connectivity index (χ1) is 12.3. The number of aromatic nitrogens is 1. The third kappa shape index (κ3) is 4.65. The van der Waals surface area contributed by atoms with Gasteiger partial charge in [0.05, 0.1) is 12.2 Å². The van der Waals surface area contributed by atoms with E-state index in [4.69, 9.17) is 9.47 Å². The van der Waals surface area contributed by atoms with Gasteiger partial charge in [-0.25, -0.2) is 9.59 Å². The van der Waals surface area contributed by atoms with Gasteiger partial charge in [0, 0.05) is 11.7 Å². The number of H-pyrrole nitrogens is 1. The molecule has 2 N–H and O–H groups in total. The van der Waals surface area contributed by atoms with Crippen LogP contribution >= 0.6 is 0 Å². The highest BCUT2D eigenvalue weighted by Gasteiger charge is 2.26. The fourth-order valence-corrected chi connectivity index (χ4v) is 3.45. The van der Waals surface area contributed by atoms with E-state index >= 15 is 0 Å². The predicted octanol–water partition coefficient (Wildman–Crippen LogP) is 2.66. The second kappa shape index (κ2) is 8.87. The van der Waals surface area contributed by atoms with Crippen LogP contribution in [0.25, 0.3) is 0 Å². The Morgan fingerprint density at radius 1 is 1.12 bits per heavy atom. The van der Waals surface area contributed by atoms with Gasteiger partial charge in [-0.05, 0) is 45.1 Å². The van der Waals surface area contributed by atoms with Crippen molar-refractivity contribution in [1.82, 2.24) is 10.3 Å². The molecule has 0 radical (unpaired) electrons. The topological polar surface area (TPSA) is 97.5 Å². The summed E-state index contributed by atoms with van der Waals surface area (Å²) in [4.78, 5) is 39.2. The predicted molar refractivity (Wildman–Crippen MR) is 96.1 cm³/mol. The van der Waals surface area contributed by atoms with E-state index in [1.165, 1.54) is 6.42 Å². The van der Waals surface area contributed by atoms with Crippen molar-refractivity contribution in [3.8, 4) is 0 Å². The number of carbonyl (C=O) groups excluding carboxylic acids is 3. The fourth-order valence-electron chi connectivity index (χ4n) is 3.45. The maximum atomic E-state index is 12.3.